The van der Waals surface area contributed by atoms with E-state index >= 15 is 0 Å². The minimum absolute atomic E-state index is 0.334. The minimum Gasteiger partial charge on any atom is -0.324 e. The molecule has 0 saturated carbocycles. The molecule has 0 fully saturated rings. The predicted molar refractivity (Wildman–Crippen MR) is 110 cm³/mol. The molecule has 0 spiro atoms. The molecule has 1 N–H and O–H groups in total. The second kappa shape index (κ2) is 7.54. The number of amides is 1. The Morgan fingerprint density at radius 1 is 1.33 bits per heavy atom. The Labute approximate surface area is 174 Å². The number of para-hydroxylation sites is 1. The van der Waals surface area contributed by atoms with Crippen molar-refractivity contribution in [3.8, 4) is 0 Å². The van der Waals surface area contributed by atoms with Crippen LogP contribution in [0.4, 0.5) is 18.9 Å². The fraction of sp³-hybridized carbons (Fsp3) is 0.381. The number of alkyl halides is 3. The number of aryl methyl sites for hydroxylation is 1. The van der Waals surface area contributed by atoms with Crippen molar-refractivity contribution < 1.29 is 18.0 Å². The lowest BCUT2D eigenvalue weighted by molar-refractivity contribution is -0.137. The number of nitrogens with zero attached hydrogens (tertiary/aromatic N) is 2. The first-order chi connectivity index (χ1) is 14.2. The SMILES string of the molecule is C[C@@H]1CCc2c(sc3ncn([C@H](C)C(=O)Nc4ccccc4C(F)(F)F)c(=O)c23)C1. The number of aromatic nitrogens is 2. The third kappa shape index (κ3) is 3.62. The van der Waals surface area contributed by atoms with Crippen molar-refractivity contribution in [1.29, 1.82) is 0 Å². The van der Waals surface area contributed by atoms with Crippen molar-refractivity contribution in [3.63, 3.8) is 0 Å². The molecule has 2 heterocycles. The Morgan fingerprint density at radius 2 is 2.07 bits per heavy atom. The molecular weight excluding hydrogens is 415 g/mol. The fourth-order valence-corrected chi connectivity index (χ4v) is 5.16. The molecule has 9 heteroatoms. The van der Waals surface area contributed by atoms with Crippen LogP contribution in [0.2, 0.25) is 0 Å². The molecule has 0 radical (unpaired) electrons. The Morgan fingerprint density at radius 3 is 2.80 bits per heavy atom. The molecule has 4 rings (SSSR count). The maximum atomic E-state index is 13.2. The number of rotatable bonds is 3. The van der Waals surface area contributed by atoms with Gasteiger partial charge in [0.1, 0.15) is 10.9 Å². The van der Waals surface area contributed by atoms with Gasteiger partial charge in [0.25, 0.3) is 5.56 Å². The quantitative estimate of drug-likeness (QED) is 0.643. The van der Waals surface area contributed by atoms with Crippen LogP contribution >= 0.6 is 11.3 Å². The van der Waals surface area contributed by atoms with E-state index < -0.39 is 23.7 Å². The van der Waals surface area contributed by atoms with Crippen LogP contribution in [0.15, 0.2) is 35.4 Å². The summed E-state index contributed by atoms with van der Waals surface area (Å²) in [4.78, 5) is 32.0. The third-order valence-electron chi connectivity index (χ3n) is 5.53. The molecule has 2 atom stereocenters. The first-order valence-corrected chi connectivity index (χ1v) is 10.5. The van der Waals surface area contributed by atoms with Gasteiger partial charge in [-0.25, -0.2) is 4.98 Å². The number of hydrogen-bond acceptors (Lipinski definition) is 4. The van der Waals surface area contributed by atoms with Crippen LogP contribution in [0.3, 0.4) is 0 Å². The van der Waals surface area contributed by atoms with Crippen LogP contribution in [-0.4, -0.2) is 15.5 Å². The van der Waals surface area contributed by atoms with Crippen LogP contribution in [0.1, 0.15) is 42.3 Å². The molecule has 158 valence electrons. The van der Waals surface area contributed by atoms with Crippen molar-refractivity contribution in [2.75, 3.05) is 5.32 Å². The van der Waals surface area contributed by atoms with Gasteiger partial charge >= 0.3 is 6.18 Å². The van der Waals surface area contributed by atoms with E-state index in [4.69, 9.17) is 0 Å². The van der Waals surface area contributed by atoms with E-state index in [1.54, 1.807) is 0 Å². The number of fused-ring (bicyclic) bond motifs is 3. The fourth-order valence-electron chi connectivity index (χ4n) is 3.82. The van der Waals surface area contributed by atoms with Crippen molar-refractivity contribution in [2.45, 2.75) is 45.3 Å². The number of nitrogens with one attached hydrogen (secondary N) is 1. The Balaban J connectivity index is 1.67. The van der Waals surface area contributed by atoms with E-state index in [0.29, 0.717) is 16.1 Å². The first kappa shape index (κ1) is 20.6. The summed E-state index contributed by atoms with van der Waals surface area (Å²) in [6.07, 6.45) is -0.623. The van der Waals surface area contributed by atoms with Gasteiger partial charge in [-0.05, 0) is 49.8 Å². The van der Waals surface area contributed by atoms with Crippen molar-refractivity contribution in [2.24, 2.45) is 5.92 Å². The number of halogens is 3. The molecule has 0 aliphatic heterocycles. The lowest BCUT2D eigenvalue weighted by Crippen LogP contribution is -2.32. The van der Waals surface area contributed by atoms with Gasteiger partial charge < -0.3 is 5.32 Å². The monoisotopic (exact) mass is 435 g/mol. The van der Waals surface area contributed by atoms with Gasteiger partial charge in [-0.2, -0.15) is 13.2 Å². The molecule has 0 saturated heterocycles. The van der Waals surface area contributed by atoms with E-state index in [1.807, 2.05) is 0 Å². The largest absolute Gasteiger partial charge is 0.418 e. The number of carbonyl (C=O) groups is 1. The molecule has 1 aliphatic carbocycles. The van der Waals surface area contributed by atoms with E-state index in [-0.39, 0.29) is 11.2 Å². The molecule has 1 aliphatic rings. The Bertz CT molecular complexity index is 1180. The highest BCUT2D eigenvalue weighted by Crippen LogP contribution is 2.36. The molecule has 5 nitrogen and oxygen atoms in total. The highest BCUT2D eigenvalue weighted by atomic mass is 32.1. The lowest BCUT2D eigenvalue weighted by atomic mass is 9.89. The van der Waals surface area contributed by atoms with Gasteiger partial charge in [0.15, 0.2) is 0 Å². The van der Waals surface area contributed by atoms with Gasteiger partial charge in [-0.3, -0.25) is 14.2 Å². The maximum Gasteiger partial charge on any atom is 0.418 e. The number of anilines is 1. The Hall–Kier alpha value is -2.68. The Kier molecular flexibility index (Phi) is 5.17. The number of carbonyl (C=O) groups excluding carboxylic acids is 1. The molecule has 3 aromatic rings. The second-order valence-corrected chi connectivity index (χ2v) is 8.78. The maximum absolute atomic E-state index is 13.2. The summed E-state index contributed by atoms with van der Waals surface area (Å²) in [5, 5.41) is 2.84. The zero-order valence-electron chi connectivity index (χ0n) is 16.4. The zero-order valence-corrected chi connectivity index (χ0v) is 17.2. The summed E-state index contributed by atoms with van der Waals surface area (Å²) < 4.78 is 40.8. The standard InChI is InChI=1S/C21H20F3N3O2S/c1-11-7-8-13-16(9-11)30-19-17(13)20(29)27(10-25-19)12(2)18(28)26-15-6-4-3-5-14(15)21(22,23)24/h3-6,10-12H,7-9H2,1-2H3,(H,26,28)/t11-,12-/m1/s1. The number of thiophene rings is 1. The zero-order chi connectivity index (χ0) is 21.6. The van der Waals surface area contributed by atoms with Crippen LogP contribution in [0.25, 0.3) is 10.2 Å². The summed E-state index contributed by atoms with van der Waals surface area (Å²) >= 11 is 1.50. The smallest absolute Gasteiger partial charge is 0.324 e. The van der Waals surface area contributed by atoms with E-state index in [9.17, 15) is 22.8 Å². The molecular formula is C21H20F3N3O2S. The highest BCUT2D eigenvalue weighted by molar-refractivity contribution is 7.18. The first-order valence-electron chi connectivity index (χ1n) is 9.65. The third-order valence-corrected chi connectivity index (χ3v) is 6.69. The molecule has 2 aromatic heterocycles. The van der Waals surface area contributed by atoms with Crippen molar-refractivity contribution >= 4 is 33.1 Å². The average molecular weight is 435 g/mol. The number of hydrogen-bond donors (Lipinski definition) is 1. The van der Waals surface area contributed by atoms with Crippen molar-refractivity contribution in [1.82, 2.24) is 9.55 Å². The van der Waals surface area contributed by atoms with Gasteiger partial charge in [-0.15, -0.1) is 11.3 Å². The molecule has 30 heavy (non-hydrogen) atoms. The minimum atomic E-state index is -4.60. The van der Waals surface area contributed by atoms with Gasteiger partial charge in [0, 0.05) is 4.88 Å². The molecule has 0 unspecified atom stereocenters. The summed E-state index contributed by atoms with van der Waals surface area (Å²) in [5.41, 5.74) is -0.618. The van der Waals surface area contributed by atoms with E-state index in [2.05, 4.69) is 17.2 Å². The summed E-state index contributed by atoms with van der Waals surface area (Å²) in [5.74, 6) is -0.168. The topological polar surface area (TPSA) is 64.0 Å². The van der Waals surface area contributed by atoms with E-state index in [0.717, 1.165) is 35.8 Å². The molecule has 0 bridgehead atoms. The molecule has 1 amide bonds. The number of benzene rings is 1. The second-order valence-electron chi connectivity index (χ2n) is 7.70. The van der Waals surface area contributed by atoms with Crippen molar-refractivity contribution in [3.05, 3.63) is 57.0 Å². The van der Waals surface area contributed by atoms with Crippen LogP contribution in [-0.2, 0) is 23.8 Å². The highest BCUT2D eigenvalue weighted by Gasteiger charge is 2.34. The van der Waals surface area contributed by atoms with Gasteiger partial charge in [0.05, 0.1) is 23.0 Å². The summed E-state index contributed by atoms with van der Waals surface area (Å²) in [6.45, 7) is 3.64. The summed E-state index contributed by atoms with van der Waals surface area (Å²) in [7, 11) is 0. The molecule has 1 aromatic carbocycles. The van der Waals surface area contributed by atoms with Crippen LogP contribution in [0, 0.1) is 5.92 Å². The predicted octanol–water partition coefficient (Wildman–Crippen LogP) is 4.80. The summed E-state index contributed by atoms with van der Waals surface area (Å²) in [6, 6.07) is 3.74. The lowest BCUT2D eigenvalue weighted by Gasteiger charge is -2.19. The van der Waals surface area contributed by atoms with Crippen LogP contribution < -0.4 is 10.9 Å². The normalized spacial score (nSPS) is 17.6. The van der Waals surface area contributed by atoms with Gasteiger partial charge in [0.2, 0.25) is 5.91 Å². The van der Waals surface area contributed by atoms with E-state index in [1.165, 1.54) is 47.4 Å². The van der Waals surface area contributed by atoms with Crippen LogP contribution in [0.5, 0.6) is 0 Å². The van der Waals surface area contributed by atoms with Gasteiger partial charge in [-0.1, -0.05) is 19.1 Å². The average Bonchev–Trinajstić information content (AvgIpc) is 3.05.